The minimum Gasteiger partial charge on any atom is -0.496 e. The van der Waals surface area contributed by atoms with E-state index in [1.807, 2.05) is 13.0 Å². The van der Waals surface area contributed by atoms with Crippen molar-refractivity contribution < 1.29 is 9.47 Å². The van der Waals surface area contributed by atoms with E-state index in [1.54, 1.807) is 14.2 Å². The van der Waals surface area contributed by atoms with Gasteiger partial charge in [-0.25, -0.2) is 0 Å². The lowest BCUT2D eigenvalue weighted by Gasteiger charge is -2.17. The van der Waals surface area contributed by atoms with Crippen LogP contribution in [0, 0.1) is 6.92 Å². The minimum atomic E-state index is 0.874. The Labute approximate surface area is 112 Å². The van der Waals surface area contributed by atoms with Gasteiger partial charge in [0.15, 0.2) is 0 Å². The first-order chi connectivity index (χ1) is 8.13. The van der Waals surface area contributed by atoms with E-state index >= 15 is 0 Å². The molecule has 0 amide bonds. The molecular weight excluding hydrogens is 282 g/mol. The summed E-state index contributed by atoms with van der Waals surface area (Å²) in [6.45, 7) is 3.02. The highest BCUT2D eigenvalue weighted by atomic mass is 79.9. The van der Waals surface area contributed by atoms with E-state index in [1.165, 1.54) is 5.56 Å². The summed E-state index contributed by atoms with van der Waals surface area (Å²) in [7, 11) is 5.47. The van der Waals surface area contributed by atoms with Crippen LogP contribution in [0.1, 0.15) is 11.1 Å². The van der Waals surface area contributed by atoms with Crippen molar-refractivity contribution in [2.45, 2.75) is 13.3 Å². The zero-order chi connectivity index (χ0) is 12.8. The number of hydrogen-bond donors (Lipinski definition) is 0. The van der Waals surface area contributed by atoms with Crippen LogP contribution < -0.4 is 9.47 Å². The molecule has 0 atom stereocenters. The smallest absolute Gasteiger partial charge is 0.128 e. The van der Waals surface area contributed by atoms with E-state index in [4.69, 9.17) is 9.47 Å². The number of alkyl halides is 1. The van der Waals surface area contributed by atoms with Gasteiger partial charge in [-0.1, -0.05) is 22.0 Å². The molecule has 0 aliphatic carbocycles. The number of ether oxygens (including phenoxy) is 2. The van der Waals surface area contributed by atoms with E-state index < -0.39 is 0 Å². The van der Waals surface area contributed by atoms with Gasteiger partial charge in [0, 0.05) is 12.1 Å². The highest BCUT2D eigenvalue weighted by molar-refractivity contribution is 9.09. The third-order valence-corrected chi connectivity index (χ3v) is 3.68. The molecule has 0 bridgehead atoms. The Balaban J connectivity index is 2.88. The quantitative estimate of drug-likeness (QED) is 0.596. The lowest BCUT2D eigenvalue weighted by Crippen LogP contribution is -2.19. The molecule has 0 aliphatic rings. The van der Waals surface area contributed by atoms with Gasteiger partial charge in [0.1, 0.15) is 11.5 Å². The second-order valence-corrected chi connectivity index (χ2v) is 4.54. The van der Waals surface area contributed by atoms with Crippen molar-refractivity contribution in [3.8, 4) is 11.5 Å². The maximum Gasteiger partial charge on any atom is 0.128 e. The van der Waals surface area contributed by atoms with Crippen LogP contribution >= 0.6 is 15.9 Å². The van der Waals surface area contributed by atoms with Crippen molar-refractivity contribution in [1.82, 2.24) is 4.90 Å². The highest BCUT2D eigenvalue weighted by Crippen LogP contribution is 2.31. The Morgan fingerprint density at radius 3 is 2.47 bits per heavy atom. The van der Waals surface area contributed by atoms with Gasteiger partial charge in [-0.15, -0.1) is 0 Å². The lowest BCUT2D eigenvalue weighted by molar-refractivity contribution is 0.375. The van der Waals surface area contributed by atoms with E-state index in [9.17, 15) is 0 Å². The SMILES string of the molecule is COc1ccc(CCN(C)CBr)c(OC)c1C. The number of nitrogens with zero attached hydrogens (tertiary/aromatic N) is 1. The molecule has 17 heavy (non-hydrogen) atoms. The number of likely N-dealkylation sites (N-methyl/N-ethyl adjacent to an activating group) is 1. The predicted molar refractivity (Wildman–Crippen MR) is 74.4 cm³/mol. The minimum absolute atomic E-state index is 0.874. The maximum atomic E-state index is 5.47. The van der Waals surface area contributed by atoms with E-state index in [-0.39, 0.29) is 0 Å². The molecule has 0 saturated heterocycles. The van der Waals surface area contributed by atoms with Crippen LogP contribution in [0.5, 0.6) is 11.5 Å². The zero-order valence-corrected chi connectivity index (χ0v) is 12.5. The number of rotatable bonds is 6. The fraction of sp³-hybridized carbons (Fsp3) is 0.538. The fourth-order valence-electron chi connectivity index (χ4n) is 1.80. The van der Waals surface area contributed by atoms with Crippen molar-refractivity contribution in [3.05, 3.63) is 23.3 Å². The van der Waals surface area contributed by atoms with E-state index in [0.29, 0.717) is 0 Å². The topological polar surface area (TPSA) is 21.7 Å². The Kier molecular flexibility index (Phi) is 5.78. The molecule has 0 radical (unpaired) electrons. The Morgan fingerprint density at radius 2 is 1.94 bits per heavy atom. The number of benzene rings is 1. The second-order valence-electron chi connectivity index (χ2n) is 4.03. The summed E-state index contributed by atoms with van der Waals surface area (Å²) in [5.74, 6) is 1.81. The van der Waals surface area contributed by atoms with Crippen molar-refractivity contribution in [2.75, 3.05) is 33.3 Å². The molecule has 0 N–H and O–H groups in total. The standard InChI is InChI=1S/C13H20BrNO2/c1-10-12(16-3)6-5-11(13(10)17-4)7-8-15(2)9-14/h5-6H,7-9H2,1-4H3. The fourth-order valence-corrected chi connectivity index (χ4v) is 2.05. The molecule has 1 aromatic rings. The third kappa shape index (κ3) is 3.61. The molecule has 0 saturated carbocycles. The summed E-state index contributed by atoms with van der Waals surface area (Å²) < 4.78 is 10.8. The molecule has 0 unspecified atom stereocenters. The van der Waals surface area contributed by atoms with Gasteiger partial charge in [0.2, 0.25) is 0 Å². The summed E-state index contributed by atoms with van der Waals surface area (Å²) in [6, 6.07) is 4.08. The van der Waals surface area contributed by atoms with E-state index in [2.05, 4.69) is 33.9 Å². The molecule has 0 aromatic heterocycles. The highest BCUT2D eigenvalue weighted by Gasteiger charge is 2.11. The zero-order valence-electron chi connectivity index (χ0n) is 10.9. The molecular formula is C13H20BrNO2. The summed E-state index contributed by atoms with van der Waals surface area (Å²) in [6.07, 6.45) is 0.968. The summed E-state index contributed by atoms with van der Waals surface area (Å²) in [5.41, 5.74) is 3.16. The van der Waals surface area contributed by atoms with E-state index in [0.717, 1.165) is 35.5 Å². The van der Waals surface area contributed by atoms with Crippen molar-refractivity contribution >= 4 is 15.9 Å². The van der Waals surface area contributed by atoms with Crippen LogP contribution in [0.15, 0.2) is 12.1 Å². The van der Waals surface area contributed by atoms with Crippen molar-refractivity contribution in [3.63, 3.8) is 0 Å². The summed E-state index contributed by atoms with van der Waals surface area (Å²) >= 11 is 3.44. The van der Waals surface area contributed by atoms with Crippen LogP contribution in [-0.2, 0) is 6.42 Å². The Morgan fingerprint density at radius 1 is 1.24 bits per heavy atom. The average Bonchev–Trinajstić information content (AvgIpc) is 2.35. The van der Waals surface area contributed by atoms with Crippen LogP contribution in [0.3, 0.4) is 0 Å². The third-order valence-electron chi connectivity index (χ3n) is 2.83. The molecule has 0 heterocycles. The number of methoxy groups -OCH3 is 2. The average molecular weight is 302 g/mol. The maximum absolute atomic E-state index is 5.47. The van der Waals surface area contributed by atoms with Crippen LogP contribution in [0.4, 0.5) is 0 Å². The van der Waals surface area contributed by atoms with Crippen LogP contribution in [-0.4, -0.2) is 38.2 Å². The summed E-state index contributed by atoms with van der Waals surface area (Å²) in [5, 5.41) is 0. The molecule has 3 nitrogen and oxygen atoms in total. The van der Waals surface area contributed by atoms with Gasteiger partial charge in [0.05, 0.1) is 19.7 Å². The molecule has 1 aromatic carbocycles. The van der Waals surface area contributed by atoms with Gasteiger partial charge in [0.25, 0.3) is 0 Å². The van der Waals surface area contributed by atoms with Gasteiger partial charge in [-0.05, 0) is 32.0 Å². The number of halogens is 1. The van der Waals surface area contributed by atoms with Gasteiger partial charge >= 0.3 is 0 Å². The van der Waals surface area contributed by atoms with Crippen molar-refractivity contribution in [2.24, 2.45) is 0 Å². The van der Waals surface area contributed by atoms with Crippen LogP contribution in [0.2, 0.25) is 0 Å². The number of hydrogen-bond acceptors (Lipinski definition) is 3. The first kappa shape index (κ1) is 14.3. The van der Waals surface area contributed by atoms with Gasteiger partial charge in [-0.3, -0.25) is 4.90 Å². The normalized spacial score (nSPS) is 10.7. The Bertz CT molecular complexity index is 369. The molecule has 96 valence electrons. The molecule has 4 heteroatoms. The molecule has 0 fully saturated rings. The molecule has 0 spiro atoms. The molecule has 0 aliphatic heterocycles. The molecule has 1 rings (SSSR count). The van der Waals surface area contributed by atoms with Gasteiger partial charge < -0.3 is 9.47 Å². The van der Waals surface area contributed by atoms with Crippen LogP contribution in [0.25, 0.3) is 0 Å². The first-order valence-corrected chi connectivity index (χ1v) is 6.71. The second kappa shape index (κ2) is 6.87. The monoisotopic (exact) mass is 301 g/mol. The lowest BCUT2D eigenvalue weighted by atomic mass is 10.1. The van der Waals surface area contributed by atoms with Crippen molar-refractivity contribution in [1.29, 1.82) is 0 Å². The predicted octanol–water partition coefficient (Wildman–Crippen LogP) is 2.84. The first-order valence-electron chi connectivity index (χ1n) is 5.59. The summed E-state index contributed by atoms with van der Waals surface area (Å²) in [4.78, 5) is 2.21. The largest absolute Gasteiger partial charge is 0.496 e. The van der Waals surface area contributed by atoms with Gasteiger partial charge in [-0.2, -0.15) is 0 Å². The Hall–Kier alpha value is -0.740.